The Bertz CT molecular complexity index is 240. The summed E-state index contributed by atoms with van der Waals surface area (Å²) in [7, 11) is 0. The van der Waals surface area contributed by atoms with Crippen molar-refractivity contribution >= 4 is 27.9 Å². The molecule has 5 heteroatoms. The molecule has 0 aromatic carbocycles. The lowest BCUT2D eigenvalue weighted by Gasteiger charge is -2.33. The van der Waals surface area contributed by atoms with Gasteiger partial charge in [0.15, 0.2) is 0 Å². The van der Waals surface area contributed by atoms with Crippen molar-refractivity contribution in [2.75, 3.05) is 0 Å². The normalized spacial score (nSPS) is 34.1. The first-order valence-electron chi connectivity index (χ1n) is 4.13. The third-order valence-corrected chi connectivity index (χ3v) is 3.78. The lowest BCUT2D eigenvalue weighted by Crippen LogP contribution is -2.46. The van der Waals surface area contributed by atoms with Gasteiger partial charge in [0.2, 0.25) is 0 Å². The van der Waals surface area contributed by atoms with Gasteiger partial charge in [-0.1, -0.05) is 28.8 Å². The van der Waals surface area contributed by atoms with Crippen molar-refractivity contribution in [3.63, 3.8) is 0 Å². The molecule has 2 atom stereocenters. The summed E-state index contributed by atoms with van der Waals surface area (Å²) in [6.07, 6.45) is 2.38. The highest BCUT2D eigenvalue weighted by molar-refractivity contribution is 9.10. The second kappa shape index (κ2) is 3.65. The van der Waals surface area contributed by atoms with Gasteiger partial charge in [-0.15, -0.1) is 0 Å². The molecule has 0 aromatic rings. The fourth-order valence-corrected chi connectivity index (χ4v) is 2.41. The average molecular weight is 251 g/mol. The van der Waals surface area contributed by atoms with Crippen LogP contribution in [-0.2, 0) is 9.59 Å². The van der Waals surface area contributed by atoms with Gasteiger partial charge >= 0.3 is 11.9 Å². The molecule has 2 N–H and O–H groups in total. The first-order chi connectivity index (χ1) is 5.98. The van der Waals surface area contributed by atoms with Crippen LogP contribution in [0.3, 0.4) is 0 Å². The number of aliphatic carboxylic acids is 2. The van der Waals surface area contributed by atoms with Crippen molar-refractivity contribution in [1.82, 2.24) is 0 Å². The van der Waals surface area contributed by atoms with E-state index in [1.165, 1.54) is 0 Å². The molecule has 0 saturated heterocycles. The molecular formula is C8H11BrO4. The van der Waals surface area contributed by atoms with E-state index < -0.39 is 22.2 Å². The van der Waals surface area contributed by atoms with Crippen LogP contribution in [0.2, 0.25) is 0 Å². The minimum absolute atomic E-state index is 0.388. The Hall–Kier alpha value is -0.580. The SMILES string of the molecule is O=C(O)C1CCCCC1(Br)C(=O)O. The van der Waals surface area contributed by atoms with E-state index >= 15 is 0 Å². The topological polar surface area (TPSA) is 74.6 Å². The quantitative estimate of drug-likeness (QED) is 0.729. The van der Waals surface area contributed by atoms with Crippen LogP contribution in [0.4, 0.5) is 0 Å². The Balaban J connectivity index is 2.89. The van der Waals surface area contributed by atoms with Crippen molar-refractivity contribution in [2.24, 2.45) is 5.92 Å². The lowest BCUT2D eigenvalue weighted by molar-refractivity contribution is -0.152. The van der Waals surface area contributed by atoms with Gasteiger partial charge in [0.05, 0.1) is 5.92 Å². The first kappa shape index (κ1) is 10.5. The molecule has 13 heavy (non-hydrogen) atoms. The third-order valence-electron chi connectivity index (χ3n) is 2.49. The van der Waals surface area contributed by atoms with Crippen LogP contribution in [0.15, 0.2) is 0 Å². The molecule has 1 rings (SSSR count). The summed E-state index contributed by atoms with van der Waals surface area (Å²) < 4.78 is -1.25. The Morgan fingerprint density at radius 3 is 2.31 bits per heavy atom. The van der Waals surface area contributed by atoms with Crippen LogP contribution in [0.25, 0.3) is 0 Å². The van der Waals surface area contributed by atoms with Crippen molar-refractivity contribution in [3.8, 4) is 0 Å². The highest BCUT2D eigenvalue weighted by Crippen LogP contribution is 2.41. The molecule has 0 amide bonds. The minimum Gasteiger partial charge on any atom is -0.481 e. The Morgan fingerprint density at radius 1 is 1.31 bits per heavy atom. The number of carbonyl (C=O) groups is 2. The fourth-order valence-electron chi connectivity index (χ4n) is 1.71. The summed E-state index contributed by atoms with van der Waals surface area (Å²) >= 11 is 3.05. The number of halogens is 1. The van der Waals surface area contributed by atoms with Gasteiger partial charge in [0.25, 0.3) is 0 Å². The van der Waals surface area contributed by atoms with Crippen LogP contribution < -0.4 is 0 Å². The maximum Gasteiger partial charge on any atom is 0.321 e. The number of carboxylic acids is 2. The zero-order valence-electron chi connectivity index (χ0n) is 6.99. The first-order valence-corrected chi connectivity index (χ1v) is 4.93. The van der Waals surface area contributed by atoms with Crippen molar-refractivity contribution in [3.05, 3.63) is 0 Å². The van der Waals surface area contributed by atoms with E-state index in [1.807, 2.05) is 0 Å². The highest BCUT2D eigenvalue weighted by Gasteiger charge is 2.48. The number of hydrogen-bond donors (Lipinski definition) is 2. The predicted molar refractivity (Wildman–Crippen MR) is 48.9 cm³/mol. The van der Waals surface area contributed by atoms with Crippen LogP contribution in [0.1, 0.15) is 25.7 Å². The molecule has 0 aliphatic heterocycles. The van der Waals surface area contributed by atoms with Gasteiger partial charge in [-0.25, -0.2) is 0 Å². The third kappa shape index (κ3) is 1.85. The molecule has 0 bridgehead atoms. The molecule has 1 fully saturated rings. The van der Waals surface area contributed by atoms with E-state index in [1.54, 1.807) is 0 Å². The molecule has 1 aliphatic carbocycles. The van der Waals surface area contributed by atoms with E-state index in [4.69, 9.17) is 10.2 Å². The van der Waals surface area contributed by atoms with E-state index in [-0.39, 0.29) is 0 Å². The van der Waals surface area contributed by atoms with Gasteiger partial charge in [-0.2, -0.15) is 0 Å². The molecule has 0 heterocycles. The largest absolute Gasteiger partial charge is 0.481 e. The highest BCUT2D eigenvalue weighted by atomic mass is 79.9. The Morgan fingerprint density at radius 2 is 1.92 bits per heavy atom. The Kier molecular flexibility index (Phi) is 2.95. The second-order valence-electron chi connectivity index (χ2n) is 3.30. The van der Waals surface area contributed by atoms with Crippen LogP contribution in [0.5, 0.6) is 0 Å². The molecule has 74 valence electrons. The van der Waals surface area contributed by atoms with Gasteiger partial charge in [-0.3, -0.25) is 9.59 Å². The molecule has 0 spiro atoms. The van der Waals surface area contributed by atoms with Crippen LogP contribution in [0, 0.1) is 5.92 Å². The number of hydrogen-bond acceptors (Lipinski definition) is 2. The molecule has 4 nitrogen and oxygen atoms in total. The van der Waals surface area contributed by atoms with Gasteiger partial charge in [0.1, 0.15) is 4.32 Å². The lowest BCUT2D eigenvalue weighted by atomic mass is 9.79. The predicted octanol–water partition coefficient (Wildman–Crippen LogP) is 1.48. The molecule has 0 radical (unpaired) electrons. The smallest absolute Gasteiger partial charge is 0.321 e. The molecular weight excluding hydrogens is 240 g/mol. The van der Waals surface area contributed by atoms with Gasteiger partial charge in [0, 0.05) is 0 Å². The summed E-state index contributed by atoms with van der Waals surface area (Å²) in [4.78, 5) is 21.7. The summed E-state index contributed by atoms with van der Waals surface area (Å²) in [5, 5.41) is 17.7. The monoisotopic (exact) mass is 250 g/mol. The molecule has 1 aliphatic rings. The van der Waals surface area contributed by atoms with Crippen molar-refractivity contribution in [2.45, 2.75) is 30.0 Å². The second-order valence-corrected chi connectivity index (χ2v) is 4.72. The molecule has 2 unspecified atom stereocenters. The number of alkyl halides is 1. The van der Waals surface area contributed by atoms with E-state index in [2.05, 4.69) is 15.9 Å². The van der Waals surface area contributed by atoms with Crippen LogP contribution >= 0.6 is 15.9 Å². The average Bonchev–Trinajstić information content (AvgIpc) is 2.04. The number of rotatable bonds is 2. The summed E-state index contributed by atoms with van der Waals surface area (Å²) in [6, 6.07) is 0. The maximum absolute atomic E-state index is 10.9. The number of carboxylic acid groups (broad SMARTS) is 2. The summed E-state index contributed by atoms with van der Waals surface area (Å²) in [5.41, 5.74) is 0. The fraction of sp³-hybridized carbons (Fsp3) is 0.750. The van der Waals surface area contributed by atoms with Gasteiger partial charge < -0.3 is 10.2 Å². The minimum atomic E-state index is -1.25. The van der Waals surface area contributed by atoms with Crippen molar-refractivity contribution < 1.29 is 19.8 Å². The summed E-state index contributed by atoms with van der Waals surface area (Å²) in [5.74, 6) is -2.91. The van der Waals surface area contributed by atoms with E-state index in [0.717, 1.165) is 12.8 Å². The Labute approximate surface area is 84.1 Å². The standard InChI is InChI=1S/C8H11BrO4/c9-8(7(12)13)4-2-1-3-5(8)6(10)11/h5H,1-4H2,(H,10,11)(H,12,13). The zero-order chi connectivity index (χ0) is 10.1. The van der Waals surface area contributed by atoms with E-state index in [9.17, 15) is 9.59 Å². The van der Waals surface area contributed by atoms with Crippen LogP contribution in [-0.4, -0.2) is 26.5 Å². The molecule has 1 saturated carbocycles. The summed E-state index contributed by atoms with van der Waals surface area (Å²) in [6.45, 7) is 0. The van der Waals surface area contributed by atoms with Gasteiger partial charge in [-0.05, 0) is 12.8 Å². The zero-order valence-corrected chi connectivity index (χ0v) is 8.58. The maximum atomic E-state index is 10.9. The van der Waals surface area contributed by atoms with Crippen molar-refractivity contribution in [1.29, 1.82) is 0 Å². The van der Waals surface area contributed by atoms with E-state index in [0.29, 0.717) is 12.8 Å². The molecule has 0 aromatic heterocycles.